The maximum absolute atomic E-state index is 15.7. The van der Waals surface area contributed by atoms with Crippen LogP contribution in [0.4, 0.5) is 8.78 Å². The van der Waals surface area contributed by atoms with Gasteiger partial charge in [-0.25, -0.2) is 0 Å². The molecule has 0 fully saturated rings. The molecule has 12 heteroatoms. The van der Waals surface area contributed by atoms with E-state index < -0.39 is 56.0 Å². The van der Waals surface area contributed by atoms with Crippen molar-refractivity contribution in [1.82, 2.24) is 0 Å². The average molecular weight is 620 g/mol. The molecular formula is C26H33BrF2NO7P. The third-order valence-corrected chi connectivity index (χ3v) is 6.59. The molecule has 38 heavy (non-hydrogen) atoms. The highest BCUT2D eigenvalue weighted by Crippen LogP contribution is 2.61. The first kappa shape index (κ1) is 33.8. The Kier molecular flexibility index (Phi) is 12.7. The van der Waals surface area contributed by atoms with Crippen molar-refractivity contribution in [2.45, 2.75) is 47.2 Å². The summed E-state index contributed by atoms with van der Waals surface area (Å²) in [7, 11) is 0.171. The first-order chi connectivity index (χ1) is 17.5. The molecule has 0 unspecified atom stereocenters. The number of alkyl halides is 2. The SMILES string of the molecule is CC(C)(C)C(=O)OCOP(OCOC(=O)C(C)(C)C)C(F)(F)c1cc2cc(C#N)ccc2cc1Br.COC. The van der Waals surface area contributed by atoms with Gasteiger partial charge in [0, 0.05) is 24.3 Å². The largest absolute Gasteiger partial charge is 0.438 e. The van der Waals surface area contributed by atoms with Gasteiger partial charge in [0.05, 0.1) is 22.5 Å². The number of rotatable bonds is 8. The molecule has 8 nitrogen and oxygen atoms in total. The molecule has 0 N–H and O–H groups in total. The first-order valence-electron chi connectivity index (χ1n) is 11.3. The number of carbonyl (C=O) groups excluding carboxylic acids is 2. The zero-order chi connectivity index (χ0) is 29.3. The maximum Gasteiger partial charge on any atom is 0.341 e. The van der Waals surface area contributed by atoms with Gasteiger partial charge in [0.25, 0.3) is 8.38 Å². The van der Waals surface area contributed by atoms with Gasteiger partial charge in [-0.1, -0.05) is 22.0 Å². The highest BCUT2D eigenvalue weighted by atomic mass is 79.9. The number of methoxy groups -OCH3 is 1. The van der Waals surface area contributed by atoms with E-state index in [1.807, 2.05) is 6.07 Å². The Morgan fingerprint density at radius 1 is 0.895 bits per heavy atom. The third kappa shape index (κ3) is 9.83. The van der Waals surface area contributed by atoms with Gasteiger partial charge in [0.15, 0.2) is 13.6 Å². The van der Waals surface area contributed by atoms with Crippen LogP contribution in [-0.4, -0.2) is 39.7 Å². The molecule has 0 amide bonds. The van der Waals surface area contributed by atoms with Crippen LogP contribution in [-0.2, 0) is 38.5 Å². The number of benzene rings is 2. The van der Waals surface area contributed by atoms with Crippen LogP contribution in [0, 0.1) is 22.2 Å². The van der Waals surface area contributed by atoms with Crippen molar-refractivity contribution in [3.63, 3.8) is 0 Å². The maximum atomic E-state index is 15.7. The van der Waals surface area contributed by atoms with Crippen molar-refractivity contribution in [3.05, 3.63) is 45.9 Å². The molecule has 0 bridgehead atoms. The Morgan fingerprint density at radius 2 is 1.37 bits per heavy atom. The minimum Gasteiger partial charge on any atom is -0.438 e. The summed E-state index contributed by atoms with van der Waals surface area (Å²) in [6, 6.07) is 9.41. The number of nitriles is 1. The lowest BCUT2D eigenvalue weighted by Gasteiger charge is -2.27. The van der Waals surface area contributed by atoms with Gasteiger partial charge in [0.2, 0.25) is 0 Å². The zero-order valence-corrected chi connectivity index (χ0v) is 25.2. The van der Waals surface area contributed by atoms with E-state index in [0.717, 1.165) is 0 Å². The molecule has 0 aliphatic rings. The topological polar surface area (TPSA) is 104 Å². The number of hydrogen-bond acceptors (Lipinski definition) is 8. The normalized spacial score (nSPS) is 12.0. The smallest absolute Gasteiger partial charge is 0.341 e. The number of nitrogens with zero attached hydrogens (tertiary/aromatic N) is 1. The Bertz CT molecular complexity index is 1130. The van der Waals surface area contributed by atoms with Crippen molar-refractivity contribution in [2.75, 3.05) is 27.8 Å². The second-order valence-electron chi connectivity index (χ2n) is 10.1. The van der Waals surface area contributed by atoms with Gasteiger partial charge >= 0.3 is 17.6 Å². The fraction of sp³-hybridized carbons (Fsp3) is 0.500. The molecule has 2 aromatic carbocycles. The molecular weight excluding hydrogens is 587 g/mol. The lowest BCUT2D eigenvalue weighted by atomic mass is 9.98. The Labute approximate surface area is 231 Å². The second-order valence-corrected chi connectivity index (χ2v) is 12.5. The molecule has 0 aliphatic carbocycles. The minimum absolute atomic E-state index is 0.0813. The summed E-state index contributed by atoms with van der Waals surface area (Å²) < 4.78 is 56.1. The molecule has 0 radical (unpaired) electrons. The van der Waals surface area contributed by atoms with Gasteiger partial charge in [-0.3, -0.25) is 18.6 Å². The van der Waals surface area contributed by atoms with Gasteiger partial charge in [-0.05, 0) is 76.6 Å². The average Bonchev–Trinajstić information content (AvgIpc) is 2.81. The number of fused-ring (bicyclic) bond motifs is 1. The fourth-order valence-corrected chi connectivity index (χ4v) is 4.40. The fourth-order valence-electron chi connectivity index (χ4n) is 2.56. The van der Waals surface area contributed by atoms with Crippen LogP contribution in [0.5, 0.6) is 0 Å². The Balaban J connectivity index is 0.00000229. The standard InChI is InChI=1S/C24H27BrF2NO6P.C2H6O/c1-22(2,3)20(29)31-13-33-35(34-14-32-21(30)23(4,5)6)24(26,27)18-10-17-9-15(12-28)7-8-16(17)11-19(18)25;1-3-2/h7-11H,13-14H2,1-6H3;1-2H3. The van der Waals surface area contributed by atoms with Crippen LogP contribution < -0.4 is 0 Å². The van der Waals surface area contributed by atoms with Crippen molar-refractivity contribution >= 4 is 47.0 Å². The second kappa shape index (κ2) is 14.2. The lowest BCUT2D eigenvalue weighted by molar-refractivity contribution is -0.162. The van der Waals surface area contributed by atoms with Gasteiger partial charge in [0.1, 0.15) is 0 Å². The van der Waals surface area contributed by atoms with Crippen molar-refractivity contribution in [3.8, 4) is 6.07 Å². The molecule has 0 saturated heterocycles. The lowest BCUT2D eigenvalue weighted by Crippen LogP contribution is -2.26. The van der Waals surface area contributed by atoms with Crippen LogP contribution in [0.2, 0.25) is 0 Å². The highest BCUT2D eigenvalue weighted by Gasteiger charge is 2.47. The summed E-state index contributed by atoms with van der Waals surface area (Å²) in [5.41, 5.74) is -5.59. The van der Waals surface area contributed by atoms with E-state index in [4.69, 9.17) is 23.8 Å². The summed E-state index contributed by atoms with van der Waals surface area (Å²) in [6.07, 6.45) is 0. The number of esters is 2. The zero-order valence-electron chi connectivity index (χ0n) is 22.7. The van der Waals surface area contributed by atoms with E-state index in [-0.39, 0.29) is 4.47 Å². The molecule has 0 atom stereocenters. The Hall–Kier alpha value is -2.22. The molecule has 0 heterocycles. The van der Waals surface area contributed by atoms with E-state index in [0.29, 0.717) is 16.3 Å². The molecule has 0 aliphatic heterocycles. The molecule has 0 saturated carbocycles. The molecule has 0 spiro atoms. The van der Waals surface area contributed by atoms with Gasteiger partial charge in [-0.2, -0.15) is 14.0 Å². The van der Waals surface area contributed by atoms with Gasteiger partial charge < -0.3 is 14.2 Å². The Morgan fingerprint density at radius 3 is 1.79 bits per heavy atom. The van der Waals surface area contributed by atoms with Gasteiger partial charge in [-0.15, -0.1) is 0 Å². The predicted octanol–water partition coefficient (Wildman–Crippen LogP) is 7.22. The van der Waals surface area contributed by atoms with Crippen LogP contribution in [0.15, 0.2) is 34.8 Å². The number of ether oxygens (including phenoxy) is 3. The molecule has 2 rings (SSSR count). The van der Waals surface area contributed by atoms with Crippen LogP contribution >= 0.6 is 24.3 Å². The summed E-state index contributed by atoms with van der Waals surface area (Å²) >= 11 is 3.18. The number of hydrogen-bond donors (Lipinski definition) is 0. The summed E-state index contributed by atoms with van der Waals surface area (Å²) in [6.45, 7) is 8.08. The molecule has 2 aromatic rings. The first-order valence-corrected chi connectivity index (χ1v) is 13.3. The highest BCUT2D eigenvalue weighted by molar-refractivity contribution is 9.10. The monoisotopic (exact) mass is 619 g/mol. The minimum atomic E-state index is -3.71. The number of carbonyl (C=O) groups is 2. The number of halogens is 3. The molecule has 210 valence electrons. The van der Waals surface area contributed by atoms with E-state index in [1.54, 1.807) is 67.9 Å². The van der Waals surface area contributed by atoms with Crippen LogP contribution in [0.3, 0.4) is 0 Å². The van der Waals surface area contributed by atoms with Crippen LogP contribution in [0.25, 0.3) is 10.8 Å². The van der Waals surface area contributed by atoms with Crippen molar-refractivity contribution in [1.29, 1.82) is 5.26 Å². The van der Waals surface area contributed by atoms with Crippen molar-refractivity contribution in [2.24, 2.45) is 10.8 Å². The van der Waals surface area contributed by atoms with E-state index in [9.17, 15) is 9.59 Å². The summed E-state index contributed by atoms with van der Waals surface area (Å²) in [5, 5.41) is 10.2. The predicted molar refractivity (Wildman–Crippen MR) is 143 cm³/mol. The van der Waals surface area contributed by atoms with Crippen molar-refractivity contribution < 1.29 is 41.6 Å². The summed E-state index contributed by atoms with van der Waals surface area (Å²) in [5.74, 6) is -1.29. The summed E-state index contributed by atoms with van der Waals surface area (Å²) in [4.78, 5) is 24.0. The van der Waals surface area contributed by atoms with E-state index >= 15 is 8.78 Å². The third-order valence-electron chi connectivity index (χ3n) is 4.55. The van der Waals surface area contributed by atoms with E-state index in [2.05, 4.69) is 20.7 Å². The molecule has 0 aromatic heterocycles. The quantitative estimate of drug-likeness (QED) is 0.173. The van der Waals surface area contributed by atoms with E-state index in [1.165, 1.54) is 18.2 Å². The van der Waals surface area contributed by atoms with Crippen LogP contribution in [0.1, 0.15) is 52.7 Å².